The first-order chi connectivity index (χ1) is 13.8. The van der Waals surface area contributed by atoms with E-state index in [-0.39, 0.29) is 17.8 Å². The molecule has 1 fully saturated rings. The summed E-state index contributed by atoms with van der Waals surface area (Å²) in [7, 11) is -3.28. The molecule has 0 atom stereocenters. The van der Waals surface area contributed by atoms with Crippen molar-refractivity contribution < 1.29 is 17.9 Å². The Morgan fingerprint density at radius 1 is 1.07 bits per heavy atom. The van der Waals surface area contributed by atoms with Gasteiger partial charge in [0.1, 0.15) is 5.75 Å². The van der Waals surface area contributed by atoms with Crippen LogP contribution in [0.1, 0.15) is 48.2 Å². The molecule has 1 aliphatic heterocycles. The van der Waals surface area contributed by atoms with Gasteiger partial charge in [-0.2, -0.15) is 0 Å². The van der Waals surface area contributed by atoms with Crippen molar-refractivity contribution in [3.8, 4) is 5.75 Å². The maximum absolute atomic E-state index is 12.4. The summed E-state index contributed by atoms with van der Waals surface area (Å²) in [5, 5.41) is 2.89. The Labute approximate surface area is 172 Å². The van der Waals surface area contributed by atoms with E-state index in [4.69, 9.17) is 4.74 Å². The van der Waals surface area contributed by atoms with Crippen molar-refractivity contribution in [2.45, 2.75) is 45.1 Å². The molecule has 3 rings (SSSR count). The molecule has 0 aromatic heterocycles. The van der Waals surface area contributed by atoms with Gasteiger partial charge in [0.05, 0.1) is 11.9 Å². The molecule has 0 radical (unpaired) electrons. The summed E-state index contributed by atoms with van der Waals surface area (Å²) in [6.45, 7) is 5.53. The van der Waals surface area contributed by atoms with E-state index in [0.29, 0.717) is 30.8 Å². The van der Waals surface area contributed by atoms with Crippen molar-refractivity contribution in [2.75, 3.05) is 13.1 Å². The fourth-order valence-electron chi connectivity index (χ4n) is 3.31. The molecule has 29 heavy (non-hydrogen) atoms. The molecule has 0 aliphatic carbocycles. The van der Waals surface area contributed by atoms with Crippen LogP contribution in [0.5, 0.6) is 5.75 Å². The average molecular weight is 417 g/mol. The molecule has 2 aromatic rings. The van der Waals surface area contributed by atoms with E-state index in [9.17, 15) is 13.2 Å². The van der Waals surface area contributed by atoms with Crippen LogP contribution < -0.4 is 10.1 Å². The zero-order valence-electron chi connectivity index (χ0n) is 16.9. The highest BCUT2D eigenvalue weighted by molar-refractivity contribution is 7.88. The number of hydrogen-bond donors (Lipinski definition) is 1. The van der Waals surface area contributed by atoms with Crippen molar-refractivity contribution in [3.63, 3.8) is 0 Å². The van der Waals surface area contributed by atoms with E-state index in [1.165, 1.54) is 0 Å². The third-order valence-electron chi connectivity index (χ3n) is 4.75. The Morgan fingerprint density at radius 2 is 1.76 bits per heavy atom. The second kappa shape index (κ2) is 9.41. The van der Waals surface area contributed by atoms with Crippen LogP contribution in [0.2, 0.25) is 0 Å². The van der Waals surface area contributed by atoms with Gasteiger partial charge >= 0.3 is 0 Å². The van der Waals surface area contributed by atoms with Crippen molar-refractivity contribution >= 4 is 15.9 Å². The van der Waals surface area contributed by atoms with Crippen LogP contribution in [-0.2, 0) is 22.3 Å². The lowest BCUT2D eigenvalue weighted by Gasteiger charge is -2.15. The number of sulfonamides is 1. The van der Waals surface area contributed by atoms with Crippen LogP contribution in [0, 0.1) is 0 Å². The van der Waals surface area contributed by atoms with Gasteiger partial charge in [-0.05, 0) is 62.1 Å². The molecule has 1 aliphatic rings. The van der Waals surface area contributed by atoms with Crippen molar-refractivity contribution in [1.29, 1.82) is 0 Å². The van der Waals surface area contributed by atoms with Gasteiger partial charge < -0.3 is 10.1 Å². The first kappa shape index (κ1) is 21.3. The van der Waals surface area contributed by atoms with Gasteiger partial charge in [0.2, 0.25) is 10.0 Å². The summed E-state index contributed by atoms with van der Waals surface area (Å²) in [5.41, 5.74) is 2.14. The average Bonchev–Trinajstić information content (AvgIpc) is 3.22. The highest BCUT2D eigenvalue weighted by Crippen LogP contribution is 2.18. The summed E-state index contributed by atoms with van der Waals surface area (Å²) in [6, 6.07) is 14.4. The Balaban J connectivity index is 1.56. The van der Waals surface area contributed by atoms with Gasteiger partial charge in [-0.1, -0.05) is 24.3 Å². The minimum atomic E-state index is -3.28. The summed E-state index contributed by atoms with van der Waals surface area (Å²) >= 11 is 0. The fourth-order valence-corrected chi connectivity index (χ4v) is 4.92. The molecule has 0 bridgehead atoms. The van der Waals surface area contributed by atoms with Crippen LogP contribution in [0.3, 0.4) is 0 Å². The predicted molar refractivity (Wildman–Crippen MR) is 113 cm³/mol. The van der Waals surface area contributed by atoms with Gasteiger partial charge in [0.25, 0.3) is 5.91 Å². The molecule has 0 unspecified atom stereocenters. The highest BCUT2D eigenvalue weighted by Gasteiger charge is 2.25. The molecule has 1 N–H and O–H groups in total. The second-order valence-electron chi connectivity index (χ2n) is 7.56. The number of nitrogens with one attached hydrogen (secondary N) is 1. The smallest absolute Gasteiger partial charge is 0.251 e. The van der Waals surface area contributed by atoms with Gasteiger partial charge in [-0.3, -0.25) is 4.79 Å². The monoisotopic (exact) mass is 416 g/mol. The molecular weight excluding hydrogens is 388 g/mol. The van der Waals surface area contributed by atoms with E-state index in [0.717, 1.165) is 24.2 Å². The standard InChI is InChI=1S/C22H28N2O4S/c1-17(2)28-21-7-5-6-19(14-21)15-23-22(25)20-10-8-18(9-11-20)16-29(26,27)24-12-3-4-13-24/h5-11,14,17H,3-4,12-13,15-16H2,1-2H3,(H,23,25). The molecule has 1 amide bonds. The maximum atomic E-state index is 12.4. The lowest BCUT2D eigenvalue weighted by Crippen LogP contribution is -2.29. The van der Waals surface area contributed by atoms with E-state index in [2.05, 4.69) is 5.32 Å². The Morgan fingerprint density at radius 3 is 2.41 bits per heavy atom. The summed E-state index contributed by atoms with van der Waals surface area (Å²) < 4.78 is 32.0. The minimum Gasteiger partial charge on any atom is -0.491 e. The number of hydrogen-bond acceptors (Lipinski definition) is 4. The van der Waals surface area contributed by atoms with Crippen molar-refractivity contribution in [3.05, 3.63) is 65.2 Å². The summed E-state index contributed by atoms with van der Waals surface area (Å²) in [5.74, 6) is 0.543. The van der Waals surface area contributed by atoms with E-state index in [1.54, 1.807) is 28.6 Å². The largest absolute Gasteiger partial charge is 0.491 e. The van der Waals surface area contributed by atoms with Crippen LogP contribution >= 0.6 is 0 Å². The lowest BCUT2D eigenvalue weighted by molar-refractivity contribution is 0.0950. The molecule has 1 heterocycles. The molecule has 7 heteroatoms. The quantitative estimate of drug-likeness (QED) is 0.716. The van der Waals surface area contributed by atoms with Gasteiger partial charge in [0.15, 0.2) is 0 Å². The molecule has 6 nitrogen and oxygen atoms in total. The molecule has 1 saturated heterocycles. The first-order valence-electron chi connectivity index (χ1n) is 9.94. The predicted octanol–water partition coefficient (Wildman–Crippen LogP) is 3.33. The van der Waals surface area contributed by atoms with Gasteiger partial charge in [0, 0.05) is 25.2 Å². The molecule has 0 saturated carbocycles. The number of carbonyl (C=O) groups is 1. The summed E-state index contributed by atoms with van der Waals surface area (Å²) in [4.78, 5) is 12.4. The number of benzene rings is 2. The SMILES string of the molecule is CC(C)Oc1cccc(CNC(=O)c2ccc(CS(=O)(=O)N3CCCC3)cc2)c1. The number of amides is 1. The van der Waals surface area contributed by atoms with Crippen LogP contribution in [0.25, 0.3) is 0 Å². The Hall–Kier alpha value is -2.38. The Kier molecular flexibility index (Phi) is 6.92. The second-order valence-corrected chi connectivity index (χ2v) is 9.52. The lowest BCUT2D eigenvalue weighted by atomic mass is 10.1. The normalized spacial score (nSPS) is 14.9. The number of carbonyl (C=O) groups excluding carboxylic acids is 1. The van der Waals surface area contributed by atoms with Crippen LogP contribution in [0.4, 0.5) is 0 Å². The third kappa shape index (κ3) is 6.05. The fraction of sp³-hybridized carbons (Fsp3) is 0.409. The van der Waals surface area contributed by atoms with Gasteiger partial charge in [-0.25, -0.2) is 12.7 Å². The zero-order chi connectivity index (χ0) is 20.9. The third-order valence-corrected chi connectivity index (χ3v) is 6.60. The topological polar surface area (TPSA) is 75.7 Å². The number of rotatable bonds is 8. The van der Waals surface area contributed by atoms with E-state index in [1.807, 2.05) is 38.1 Å². The molecular formula is C22H28N2O4S. The van der Waals surface area contributed by atoms with Crippen molar-refractivity contribution in [2.24, 2.45) is 0 Å². The number of nitrogens with zero attached hydrogens (tertiary/aromatic N) is 1. The number of ether oxygens (including phenoxy) is 1. The zero-order valence-corrected chi connectivity index (χ0v) is 17.7. The maximum Gasteiger partial charge on any atom is 0.251 e. The van der Waals surface area contributed by atoms with Crippen LogP contribution in [-0.4, -0.2) is 37.8 Å². The minimum absolute atomic E-state index is 0.0302. The van der Waals surface area contributed by atoms with Gasteiger partial charge in [-0.15, -0.1) is 0 Å². The molecule has 2 aromatic carbocycles. The highest BCUT2D eigenvalue weighted by atomic mass is 32.2. The molecule has 156 valence electrons. The van der Waals surface area contributed by atoms with E-state index >= 15 is 0 Å². The van der Waals surface area contributed by atoms with Crippen LogP contribution in [0.15, 0.2) is 48.5 Å². The van der Waals surface area contributed by atoms with E-state index < -0.39 is 10.0 Å². The Bertz CT molecular complexity index is 934. The van der Waals surface area contributed by atoms with Crippen molar-refractivity contribution in [1.82, 2.24) is 9.62 Å². The summed E-state index contributed by atoms with van der Waals surface area (Å²) in [6.07, 6.45) is 1.93. The first-order valence-corrected chi connectivity index (χ1v) is 11.5. The molecule has 0 spiro atoms.